The highest BCUT2D eigenvalue weighted by molar-refractivity contribution is 8.00. The lowest BCUT2D eigenvalue weighted by Gasteiger charge is -2.50. The SMILES string of the molecule is CO/N=C(\C(=O)N[C@@H]1C(=O)N2C(C(=O)[O-])=C(Cn3cc[n+]4c(CO)ccc-4c3C)CS[C@@H]12)c1csc(N)n1. The fourth-order valence-corrected chi connectivity index (χ4v) is 6.45. The van der Waals surface area contributed by atoms with Gasteiger partial charge < -0.3 is 35.5 Å². The molecule has 0 bridgehead atoms. The summed E-state index contributed by atoms with van der Waals surface area (Å²) in [6.07, 6.45) is 3.59. The summed E-state index contributed by atoms with van der Waals surface area (Å²) in [6, 6.07) is 2.73. The van der Waals surface area contributed by atoms with E-state index in [0.717, 1.165) is 33.3 Å². The molecule has 1 aromatic rings. The Balaban J connectivity index is 1.38. The molecule has 1 aromatic heterocycles. The number of oxime groups is 1. The number of aliphatic hydroxyl groups is 1. The zero-order chi connectivity index (χ0) is 27.1. The van der Waals surface area contributed by atoms with E-state index in [9.17, 15) is 24.6 Å². The highest BCUT2D eigenvalue weighted by Gasteiger charge is 2.53. The second-order valence-electron chi connectivity index (χ2n) is 8.54. The van der Waals surface area contributed by atoms with E-state index in [1.807, 2.05) is 28.2 Å². The molecule has 198 valence electrons. The number of nitrogens with one attached hydrogen (secondary N) is 1. The first-order valence-electron chi connectivity index (χ1n) is 11.4. The quantitative estimate of drug-likeness (QED) is 0.129. The molecular weight excluding hydrogens is 534 g/mol. The number of aliphatic carboxylic acids is 1. The maximum Gasteiger partial charge on any atom is 0.276 e. The van der Waals surface area contributed by atoms with E-state index < -0.39 is 29.2 Å². The summed E-state index contributed by atoms with van der Waals surface area (Å²) in [5, 5.41) is 29.2. The molecule has 0 unspecified atom stereocenters. The molecule has 0 aliphatic carbocycles. The van der Waals surface area contributed by atoms with Crippen molar-refractivity contribution >= 4 is 51.7 Å². The van der Waals surface area contributed by atoms with Gasteiger partial charge in [0, 0.05) is 29.8 Å². The Hall–Kier alpha value is -3.95. The van der Waals surface area contributed by atoms with Crippen LogP contribution in [0.2, 0.25) is 0 Å². The van der Waals surface area contributed by atoms with Gasteiger partial charge >= 0.3 is 0 Å². The third-order valence-corrected chi connectivity index (χ3v) is 8.43. The number of hydrogen-bond acceptors (Lipinski definition) is 11. The summed E-state index contributed by atoms with van der Waals surface area (Å²) >= 11 is 2.46. The number of nitrogen functional groups attached to an aromatic ring is 1. The Morgan fingerprint density at radius 3 is 2.87 bits per heavy atom. The van der Waals surface area contributed by atoms with Crippen LogP contribution in [-0.4, -0.2) is 67.3 Å². The van der Waals surface area contributed by atoms with Gasteiger partial charge in [0.25, 0.3) is 11.8 Å². The number of carbonyl (C=O) groups excluding carboxylic acids is 3. The predicted molar refractivity (Wildman–Crippen MR) is 135 cm³/mol. The number of nitrogens with zero attached hydrogens (tertiary/aromatic N) is 5. The van der Waals surface area contributed by atoms with Gasteiger partial charge in [-0.15, -0.1) is 23.1 Å². The van der Waals surface area contributed by atoms with E-state index in [0.29, 0.717) is 11.3 Å². The van der Waals surface area contributed by atoms with Crippen LogP contribution in [0, 0.1) is 6.92 Å². The van der Waals surface area contributed by atoms with E-state index in [-0.39, 0.29) is 35.4 Å². The maximum atomic E-state index is 13.1. The molecule has 13 nitrogen and oxygen atoms in total. The summed E-state index contributed by atoms with van der Waals surface area (Å²) in [5.41, 5.74) is 8.47. The number of thiazole rings is 1. The van der Waals surface area contributed by atoms with Crippen LogP contribution >= 0.6 is 23.1 Å². The Labute approximate surface area is 224 Å². The molecule has 5 heterocycles. The van der Waals surface area contributed by atoms with Gasteiger partial charge in [0.2, 0.25) is 11.4 Å². The highest BCUT2D eigenvalue weighted by atomic mass is 32.2. The number of aromatic nitrogens is 3. The molecule has 4 N–H and O–H groups in total. The van der Waals surface area contributed by atoms with Gasteiger partial charge in [0.1, 0.15) is 30.8 Å². The molecular formula is C23H23N7O6S2. The zero-order valence-electron chi connectivity index (χ0n) is 20.3. The number of carboxylic acids is 1. The zero-order valence-corrected chi connectivity index (χ0v) is 21.9. The van der Waals surface area contributed by atoms with Crippen molar-refractivity contribution in [3.63, 3.8) is 0 Å². The second-order valence-corrected chi connectivity index (χ2v) is 10.5. The molecule has 0 spiro atoms. The van der Waals surface area contributed by atoms with Crippen molar-refractivity contribution in [1.29, 1.82) is 0 Å². The molecule has 15 heteroatoms. The van der Waals surface area contributed by atoms with Gasteiger partial charge in [-0.25, -0.2) is 4.98 Å². The lowest BCUT2D eigenvalue weighted by Crippen LogP contribution is -2.71. The number of anilines is 1. The van der Waals surface area contributed by atoms with Crippen LogP contribution < -0.4 is 20.7 Å². The minimum atomic E-state index is -1.47. The number of aliphatic hydroxyl groups excluding tert-OH is 1. The monoisotopic (exact) mass is 557 g/mol. The molecule has 2 atom stereocenters. The number of hydrogen-bond donors (Lipinski definition) is 3. The fraction of sp³-hybridized carbons (Fsp3) is 0.304. The van der Waals surface area contributed by atoms with E-state index in [2.05, 4.69) is 15.5 Å². The molecule has 4 aliphatic rings. The number of nitrogens with two attached hydrogens (primary N) is 1. The second kappa shape index (κ2) is 10.1. The number of thioether (sulfide) groups is 1. The first kappa shape index (κ1) is 25.7. The Bertz CT molecular complexity index is 1480. The van der Waals surface area contributed by atoms with Crippen molar-refractivity contribution in [3.05, 3.63) is 58.3 Å². The largest absolute Gasteiger partial charge is 0.543 e. The lowest BCUT2D eigenvalue weighted by molar-refractivity contribution is -0.604. The topological polar surface area (TPSA) is 179 Å². The van der Waals surface area contributed by atoms with Gasteiger partial charge in [0.05, 0.1) is 23.6 Å². The van der Waals surface area contributed by atoms with E-state index in [1.54, 1.807) is 12.4 Å². The van der Waals surface area contributed by atoms with Crippen LogP contribution in [0.1, 0.15) is 17.1 Å². The lowest BCUT2D eigenvalue weighted by atomic mass is 10.0. The van der Waals surface area contributed by atoms with E-state index >= 15 is 0 Å². The van der Waals surface area contributed by atoms with Gasteiger partial charge in [-0.05, 0) is 12.5 Å². The number of β-lactam (4-membered cyclic amide) rings is 1. The van der Waals surface area contributed by atoms with Crippen molar-refractivity contribution < 1.29 is 34.0 Å². The van der Waals surface area contributed by atoms with Gasteiger partial charge in [-0.2, -0.15) is 4.57 Å². The van der Waals surface area contributed by atoms with Crippen molar-refractivity contribution in [2.24, 2.45) is 5.16 Å². The smallest absolute Gasteiger partial charge is 0.276 e. The van der Waals surface area contributed by atoms with Crippen LogP contribution in [0.5, 0.6) is 0 Å². The number of amides is 2. The highest BCUT2D eigenvalue weighted by Crippen LogP contribution is 2.40. The molecule has 0 aromatic carbocycles. The molecule has 0 radical (unpaired) electrons. The molecule has 2 amide bonds. The summed E-state index contributed by atoms with van der Waals surface area (Å²) in [4.78, 5) is 48.1. The number of carbonyl (C=O) groups is 3. The van der Waals surface area contributed by atoms with Gasteiger partial charge in [-0.3, -0.25) is 14.5 Å². The molecule has 1 saturated heterocycles. The first-order chi connectivity index (χ1) is 18.2. The normalized spacial score (nSPS) is 19.4. The molecule has 4 aliphatic heterocycles. The maximum absolute atomic E-state index is 13.1. The van der Waals surface area contributed by atoms with Crippen LogP contribution in [0.4, 0.5) is 5.13 Å². The average Bonchev–Trinajstić information content (AvgIpc) is 3.52. The van der Waals surface area contributed by atoms with Crippen molar-refractivity contribution in [1.82, 2.24) is 19.8 Å². The number of carboxylic acid groups (broad SMARTS) is 1. The summed E-state index contributed by atoms with van der Waals surface area (Å²) in [7, 11) is 1.27. The molecule has 0 saturated carbocycles. The Morgan fingerprint density at radius 2 is 2.21 bits per heavy atom. The van der Waals surface area contributed by atoms with Crippen molar-refractivity contribution in [2.75, 3.05) is 18.6 Å². The number of fused-ring (bicyclic) bond motifs is 2. The Kier molecular flexibility index (Phi) is 6.81. The van der Waals surface area contributed by atoms with Gasteiger partial charge in [0.15, 0.2) is 17.0 Å². The molecule has 38 heavy (non-hydrogen) atoms. The van der Waals surface area contributed by atoms with Crippen LogP contribution in [-0.2, 0) is 32.4 Å². The average molecular weight is 558 g/mol. The van der Waals surface area contributed by atoms with Crippen LogP contribution in [0.15, 0.2) is 46.3 Å². The predicted octanol–water partition coefficient (Wildman–Crippen LogP) is -1.50. The minimum Gasteiger partial charge on any atom is -0.543 e. The van der Waals surface area contributed by atoms with Crippen LogP contribution in [0.25, 0.3) is 5.69 Å². The first-order valence-corrected chi connectivity index (χ1v) is 13.3. The van der Waals surface area contributed by atoms with Crippen LogP contribution in [0.3, 0.4) is 0 Å². The number of rotatable bonds is 8. The molecule has 5 rings (SSSR count). The minimum absolute atomic E-state index is 0.110. The summed E-state index contributed by atoms with van der Waals surface area (Å²) in [5.74, 6) is -2.42. The van der Waals surface area contributed by atoms with Crippen molar-refractivity contribution in [2.45, 2.75) is 31.5 Å². The fourth-order valence-electron chi connectivity index (χ4n) is 4.57. The standard InChI is InChI=1S/C23H23N7O6S2/c1-11-15-4-3-13(8-31)29(15)6-5-28(11)7-12-9-37-21-17(20(33)30(21)18(12)22(34)35)26-19(32)16(27-36-2)14-10-38-23(24)25-14/h3-6,10,17,21,31H,7-9H2,1-2H3,(H3-,24,25,26,32,34,35)/b27-16-/t17-,21+/m1/s1. The molecule has 1 fully saturated rings. The third kappa shape index (κ3) is 4.27. The van der Waals surface area contributed by atoms with Crippen molar-refractivity contribution in [3.8, 4) is 5.69 Å². The van der Waals surface area contributed by atoms with E-state index in [4.69, 9.17) is 10.6 Å². The summed E-state index contributed by atoms with van der Waals surface area (Å²) in [6.45, 7) is 2.01. The summed E-state index contributed by atoms with van der Waals surface area (Å²) < 4.78 is 3.74. The third-order valence-electron chi connectivity index (χ3n) is 6.41. The Morgan fingerprint density at radius 1 is 1.42 bits per heavy atom. The van der Waals surface area contributed by atoms with E-state index in [1.165, 1.54) is 24.3 Å². The van der Waals surface area contributed by atoms with Gasteiger partial charge in [-0.1, -0.05) is 5.16 Å².